The van der Waals surface area contributed by atoms with Crippen LogP contribution >= 0.6 is 0 Å². The highest BCUT2D eigenvalue weighted by molar-refractivity contribution is 5.72. The van der Waals surface area contributed by atoms with E-state index in [1.807, 2.05) is 6.08 Å². The minimum absolute atomic E-state index is 0.119. The molecule has 0 aliphatic carbocycles. The van der Waals surface area contributed by atoms with Crippen molar-refractivity contribution in [3.63, 3.8) is 0 Å². The molecule has 0 fully saturated rings. The zero-order valence-corrected chi connectivity index (χ0v) is 40.1. The van der Waals surface area contributed by atoms with Gasteiger partial charge in [-0.25, -0.2) is 0 Å². The second kappa shape index (κ2) is 50.0. The zero-order valence-electron chi connectivity index (χ0n) is 40.1. The van der Waals surface area contributed by atoms with Gasteiger partial charge in [-0.05, 0) is 89.9 Å². The fourth-order valence-corrected chi connectivity index (χ4v) is 6.62. The van der Waals surface area contributed by atoms with Gasteiger partial charge in [0, 0.05) is 12.8 Å². The third kappa shape index (κ3) is 47.4. The Morgan fingerprint density at radius 2 is 0.742 bits per heavy atom. The van der Waals surface area contributed by atoms with Crippen LogP contribution in [0.4, 0.5) is 0 Å². The summed E-state index contributed by atoms with van der Waals surface area (Å²) in [7, 11) is 0. The minimum atomic E-state index is -0.828. The molecule has 62 heavy (non-hydrogen) atoms. The third-order valence-electron chi connectivity index (χ3n) is 10.4. The monoisotopic (exact) mass is 861 g/mol. The highest BCUT2D eigenvalue weighted by atomic mass is 16.6. The van der Waals surface area contributed by atoms with Gasteiger partial charge < -0.3 is 14.2 Å². The second-order valence-corrected chi connectivity index (χ2v) is 16.4. The molecule has 0 aromatic heterocycles. The van der Waals surface area contributed by atoms with Gasteiger partial charge in [0.25, 0.3) is 0 Å². The molecule has 0 heterocycles. The quantitative estimate of drug-likeness (QED) is 0.0200. The van der Waals surface area contributed by atoms with Crippen LogP contribution in [0, 0.1) is 0 Å². The molecule has 0 rings (SSSR count). The number of unbranched alkanes of at least 4 members (excludes halogenated alkanes) is 19. The Kier molecular flexibility index (Phi) is 47.0. The van der Waals surface area contributed by atoms with Crippen LogP contribution in [-0.2, 0) is 28.6 Å². The van der Waals surface area contributed by atoms with Gasteiger partial charge in [0.05, 0.1) is 6.42 Å². The Balaban J connectivity index is 4.42. The summed E-state index contributed by atoms with van der Waals surface area (Å²) in [5, 5.41) is 0. The summed E-state index contributed by atoms with van der Waals surface area (Å²) in [4.78, 5) is 37.8. The van der Waals surface area contributed by atoms with E-state index >= 15 is 0 Å². The van der Waals surface area contributed by atoms with Crippen LogP contribution in [0.3, 0.4) is 0 Å². The first-order chi connectivity index (χ1) is 30.5. The number of carbonyl (C=O) groups excluding carboxylic acids is 3. The Labute approximate surface area is 381 Å². The maximum absolute atomic E-state index is 12.8. The van der Waals surface area contributed by atoms with Crippen molar-refractivity contribution in [3.8, 4) is 0 Å². The Morgan fingerprint density at radius 1 is 0.371 bits per heavy atom. The summed E-state index contributed by atoms with van der Waals surface area (Å²) < 4.78 is 16.6. The Hall–Kier alpha value is -3.67. The van der Waals surface area contributed by atoms with Crippen LogP contribution in [0.25, 0.3) is 0 Å². The molecule has 0 saturated heterocycles. The number of rotatable bonds is 44. The maximum atomic E-state index is 12.8. The van der Waals surface area contributed by atoms with Gasteiger partial charge in [0.2, 0.25) is 0 Å². The molecule has 0 spiro atoms. The van der Waals surface area contributed by atoms with E-state index < -0.39 is 12.1 Å². The van der Waals surface area contributed by atoms with Crippen LogP contribution in [0.5, 0.6) is 0 Å². The normalized spacial score (nSPS) is 12.9. The molecule has 0 aromatic carbocycles. The molecule has 0 saturated carbocycles. The van der Waals surface area contributed by atoms with Crippen LogP contribution in [0.15, 0.2) is 97.2 Å². The second-order valence-electron chi connectivity index (χ2n) is 16.4. The molecule has 0 bridgehead atoms. The fourth-order valence-electron chi connectivity index (χ4n) is 6.62. The summed E-state index contributed by atoms with van der Waals surface area (Å²) >= 11 is 0. The summed E-state index contributed by atoms with van der Waals surface area (Å²) in [5.41, 5.74) is 0. The van der Waals surface area contributed by atoms with Crippen LogP contribution in [-0.4, -0.2) is 37.2 Å². The van der Waals surface area contributed by atoms with Crippen molar-refractivity contribution in [1.29, 1.82) is 0 Å². The maximum Gasteiger partial charge on any atom is 0.309 e. The number of carbonyl (C=O) groups is 3. The lowest BCUT2D eigenvalue weighted by Crippen LogP contribution is -2.30. The van der Waals surface area contributed by atoms with Crippen LogP contribution in [0.2, 0.25) is 0 Å². The van der Waals surface area contributed by atoms with E-state index in [1.165, 1.54) is 83.5 Å². The van der Waals surface area contributed by atoms with Gasteiger partial charge in [0.15, 0.2) is 6.10 Å². The summed E-state index contributed by atoms with van der Waals surface area (Å²) in [6.45, 7) is 6.27. The van der Waals surface area contributed by atoms with Gasteiger partial charge >= 0.3 is 17.9 Å². The van der Waals surface area contributed by atoms with Gasteiger partial charge in [-0.1, -0.05) is 208 Å². The average Bonchev–Trinajstić information content (AvgIpc) is 3.27. The number of esters is 3. The van der Waals surface area contributed by atoms with E-state index in [9.17, 15) is 14.4 Å². The van der Waals surface area contributed by atoms with Crippen LogP contribution < -0.4 is 0 Å². The van der Waals surface area contributed by atoms with E-state index in [1.54, 1.807) is 6.08 Å². The van der Waals surface area contributed by atoms with E-state index in [-0.39, 0.29) is 38.0 Å². The molecule has 0 amide bonds. The smallest absolute Gasteiger partial charge is 0.309 e. The van der Waals surface area contributed by atoms with Crippen LogP contribution in [0.1, 0.15) is 220 Å². The first-order valence-electron chi connectivity index (χ1n) is 25.3. The van der Waals surface area contributed by atoms with Gasteiger partial charge in [0.1, 0.15) is 13.2 Å². The minimum Gasteiger partial charge on any atom is -0.462 e. The first kappa shape index (κ1) is 58.3. The lowest BCUT2D eigenvalue weighted by Gasteiger charge is -2.18. The van der Waals surface area contributed by atoms with Crippen molar-refractivity contribution >= 4 is 17.9 Å². The average molecular weight is 861 g/mol. The number of hydrogen-bond donors (Lipinski definition) is 0. The first-order valence-corrected chi connectivity index (χ1v) is 25.3. The van der Waals surface area contributed by atoms with Crippen molar-refractivity contribution < 1.29 is 28.6 Å². The summed E-state index contributed by atoms with van der Waals surface area (Å²) in [6.07, 6.45) is 65.7. The predicted octanol–water partition coefficient (Wildman–Crippen LogP) is 16.6. The molecule has 0 radical (unpaired) electrons. The Morgan fingerprint density at radius 3 is 1.24 bits per heavy atom. The molecule has 352 valence electrons. The summed E-state index contributed by atoms with van der Waals surface area (Å²) in [6, 6.07) is 0. The lowest BCUT2D eigenvalue weighted by molar-refractivity contribution is -0.166. The highest BCUT2D eigenvalue weighted by Gasteiger charge is 2.19. The fraction of sp³-hybridized carbons (Fsp3) is 0.661. The van der Waals surface area contributed by atoms with Crippen molar-refractivity contribution in [2.24, 2.45) is 0 Å². The summed E-state index contributed by atoms with van der Waals surface area (Å²) in [5.74, 6) is -1.09. The molecule has 6 nitrogen and oxygen atoms in total. The van der Waals surface area contributed by atoms with Gasteiger partial charge in [-0.3, -0.25) is 14.4 Å². The third-order valence-corrected chi connectivity index (χ3v) is 10.4. The molecular weight excluding hydrogens is 769 g/mol. The van der Waals surface area contributed by atoms with E-state index in [4.69, 9.17) is 14.2 Å². The lowest BCUT2D eigenvalue weighted by atomic mass is 10.1. The molecule has 0 aromatic rings. The zero-order chi connectivity index (χ0) is 45.1. The SMILES string of the molecule is CC/C=C\C/C=C\C/C=C\CCCCCCCCCCCC(=O)OCC(COC(=O)C/C=C\C/C=C\C/C=C\CC)OC(=O)CCCCC/C=C\C=C/CCCCCCCCC. The number of allylic oxidation sites excluding steroid dienone is 15. The molecule has 6 heteroatoms. The highest BCUT2D eigenvalue weighted by Crippen LogP contribution is 2.13. The largest absolute Gasteiger partial charge is 0.462 e. The topological polar surface area (TPSA) is 78.9 Å². The number of ether oxygens (including phenoxy) is 3. The molecular formula is C56H92O6. The van der Waals surface area contributed by atoms with Crippen molar-refractivity contribution in [2.75, 3.05) is 13.2 Å². The molecule has 0 aliphatic rings. The van der Waals surface area contributed by atoms with E-state index in [0.29, 0.717) is 6.42 Å². The molecule has 1 unspecified atom stereocenters. The van der Waals surface area contributed by atoms with E-state index in [2.05, 4.69) is 106 Å². The van der Waals surface area contributed by atoms with Crippen molar-refractivity contribution in [2.45, 2.75) is 226 Å². The van der Waals surface area contributed by atoms with E-state index in [0.717, 1.165) is 96.3 Å². The van der Waals surface area contributed by atoms with Crippen molar-refractivity contribution in [3.05, 3.63) is 97.2 Å². The Bertz CT molecular complexity index is 1260. The molecule has 0 aliphatic heterocycles. The number of hydrogen-bond acceptors (Lipinski definition) is 6. The van der Waals surface area contributed by atoms with Crippen molar-refractivity contribution in [1.82, 2.24) is 0 Å². The van der Waals surface area contributed by atoms with Gasteiger partial charge in [-0.15, -0.1) is 0 Å². The standard InChI is InChI=1S/C56H92O6/c1-4-7-10-13-16-19-21-23-25-27-28-29-31-32-34-37-40-43-46-49-55(58)61-52-53(51-60-54(57)48-45-42-39-36-18-15-12-9-6-3)62-56(59)50-47-44-41-38-35-33-30-26-24-22-20-17-14-11-8-5-2/h7,9-10,12,16,18-19,23,25-26,30,33,35-36,42,45,53H,4-6,8,11,13-15,17,20-22,24,27-29,31-32,34,37-41,43-44,46-52H2,1-3H3/b10-7-,12-9-,19-16-,25-23-,30-26-,35-33-,36-18-,45-42-. The predicted molar refractivity (Wildman–Crippen MR) is 265 cm³/mol. The van der Waals surface area contributed by atoms with Gasteiger partial charge in [-0.2, -0.15) is 0 Å². The molecule has 1 atom stereocenters. The molecule has 0 N–H and O–H groups in total.